The molecule has 1 aromatic heterocycles. The van der Waals surface area contributed by atoms with Crippen LogP contribution >= 0.6 is 11.3 Å². The van der Waals surface area contributed by atoms with E-state index in [1.165, 1.54) is 11.3 Å². The van der Waals surface area contributed by atoms with E-state index in [1.807, 2.05) is 0 Å². The average molecular weight is 213 g/mol. The summed E-state index contributed by atoms with van der Waals surface area (Å²) < 4.78 is 5.33. The minimum absolute atomic E-state index is 0.149. The highest BCUT2D eigenvalue weighted by atomic mass is 32.1. The Morgan fingerprint density at radius 2 is 2.57 bits per heavy atom. The molecule has 0 spiro atoms. The first-order valence-electron chi connectivity index (χ1n) is 4.54. The highest BCUT2D eigenvalue weighted by Crippen LogP contribution is 2.27. The molecule has 1 fully saturated rings. The molecule has 1 atom stereocenters. The largest absolute Gasteiger partial charge is 0.476 e. The molecule has 0 saturated carbocycles. The molecule has 2 heterocycles. The Balaban J connectivity index is 2.11. The van der Waals surface area contributed by atoms with Crippen molar-refractivity contribution in [3.05, 3.63) is 16.1 Å². The maximum Gasteiger partial charge on any atom is 0.355 e. The van der Waals surface area contributed by atoms with Crippen molar-refractivity contribution in [2.75, 3.05) is 13.2 Å². The van der Waals surface area contributed by atoms with E-state index in [4.69, 9.17) is 9.84 Å². The number of carboxylic acid groups (broad SMARTS) is 1. The van der Waals surface area contributed by atoms with Crippen molar-refractivity contribution in [2.45, 2.75) is 18.8 Å². The number of hydrogen-bond acceptors (Lipinski definition) is 4. The topological polar surface area (TPSA) is 59.4 Å². The van der Waals surface area contributed by atoms with Gasteiger partial charge >= 0.3 is 5.97 Å². The van der Waals surface area contributed by atoms with E-state index >= 15 is 0 Å². The quantitative estimate of drug-likeness (QED) is 0.812. The first-order chi connectivity index (χ1) is 6.77. The smallest absolute Gasteiger partial charge is 0.355 e. The zero-order valence-electron chi connectivity index (χ0n) is 7.60. The van der Waals surface area contributed by atoms with Crippen molar-refractivity contribution < 1.29 is 14.6 Å². The van der Waals surface area contributed by atoms with E-state index in [1.54, 1.807) is 5.38 Å². The molecule has 1 aliphatic rings. The van der Waals surface area contributed by atoms with Gasteiger partial charge in [-0.1, -0.05) is 0 Å². The summed E-state index contributed by atoms with van der Waals surface area (Å²) in [6, 6.07) is 0. The number of rotatable bonds is 2. The predicted molar refractivity (Wildman–Crippen MR) is 51.9 cm³/mol. The van der Waals surface area contributed by atoms with Gasteiger partial charge in [0.25, 0.3) is 0 Å². The fourth-order valence-corrected chi connectivity index (χ4v) is 2.42. The maximum absolute atomic E-state index is 10.6. The van der Waals surface area contributed by atoms with Gasteiger partial charge in [0, 0.05) is 17.9 Å². The molecule has 1 saturated heterocycles. The number of nitrogens with zero attached hydrogens (tertiary/aromatic N) is 1. The molecule has 0 radical (unpaired) electrons. The SMILES string of the molecule is O=C(O)c1csc(C2CCCOC2)n1. The lowest BCUT2D eigenvalue weighted by atomic mass is 10.0. The second-order valence-electron chi connectivity index (χ2n) is 3.29. The van der Waals surface area contributed by atoms with Crippen LogP contribution < -0.4 is 0 Å². The van der Waals surface area contributed by atoms with Crippen molar-refractivity contribution >= 4 is 17.3 Å². The molecule has 0 bridgehead atoms. The molecule has 2 rings (SSSR count). The first-order valence-corrected chi connectivity index (χ1v) is 5.42. The Bertz CT molecular complexity index is 331. The van der Waals surface area contributed by atoms with Crippen LogP contribution in [0.25, 0.3) is 0 Å². The van der Waals surface area contributed by atoms with Crippen LogP contribution in [0, 0.1) is 0 Å². The molecule has 1 aromatic rings. The molecule has 1 N–H and O–H groups in total. The maximum atomic E-state index is 10.6. The van der Waals surface area contributed by atoms with Gasteiger partial charge in [-0.25, -0.2) is 9.78 Å². The number of aromatic carboxylic acids is 1. The molecular formula is C9H11NO3S. The first kappa shape index (κ1) is 9.61. The van der Waals surface area contributed by atoms with E-state index in [2.05, 4.69) is 4.98 Å². The minimum atomic E-state index is -0.954. The molecule has 4 nitrogen and oxygen atoms in total. The summed E-state index contributed by atoms with van der Waals surface area (Å²) >= 11 is 1.41. The van der Waals surface area contributed by atoms with Crippen LogP contribution in [-0.2, 0) is 4.74 Å². The minimum Gasteiger partial charge on any atom is -0.476 e. The number of ether oxygens (including phenoxy) is 1. The van der Waals surface area contributed by atoms with E-state index in [0.717, 1.165) is 24.5 Å². The fraction of sp³-hybridized carbons (Fsp3) is 0.556. The normalized spacial score (nSPS) is 22.1. The Morgan fingerprint density at radius 3 is 3.14 bits per heavy atom. The van der Waals surface area contributed by atoms with Crippen molar-refractivity contribution in [2.24, 2.45) is 0 Å². The van der Waals surface area contributed by atoms with Crippen molar-refractivity contribution in [1.82, 2.24) is 4.98 Å². The number of carboxylic acids is 1. The highest BCUT2D eigenvalue weighted by Gasteiger charge is 2.20. The monoisotopic (exact) mass is 213 g/mol. The van der Waals surface area contributed by atoms with E-state index in [9.17, 15) is 4.79 Å². The molecule has 0 aliphatic carbocycles. The zero-order valence-corrected chi connectivity index (χ0v) is 8.42. The lowest BCUT2D eigenvalue weighted by Gasteiger charge is -2.19. The second-order valence-corrected chi connectivity index (χ2v) is 4.18. The van der Waals surface area contributed by atoms with Gasteiger partial charge in [0.15, 0.2) is 5.69 Å². The molecule has 76 valence electrons. The van der Waals surface area contributed by atoms with Crippen LogP contribution in [0.5, 0.6) is 0 Å². The summed E-state index contributed by atoms with van der Waals surface area (Å²) in [6.45, 7) is 1.49. The fourth-order valence-electron chi connectivity index (χ4n) is 1.51. The van der Waals surface area contributed by atoms with Crippen LogP contribution in [-0.4, -0.2) is 29.3 Å². The lowest BCUT2D eigenvalue weighted by Crippen LogP contribution is -2.15. The molecule has 1 unspecified atom stereocenters. The average Bonchev–Trinajstić information content (AvgIpc) is 2.68. The van der Waals surface area contributed by atoms with Gasteiger partial charge in [-0.3, -0.25) is 0 Å². The highest BCUT2D eigenvalue weighted by molar-refractivity contribution is 7.09. The van der Waals surface area contributed by atoms with Crippen LogP contribution in [0.1, 0.15) is 34.3 Å². The summed E-state index contributed by atoms with van der Waals surface area (Å²) in [5, 5.41) is 11.2. The Kier molecular flexibility index (Phi) is 2.79. The number of aromatic nitrogens is 1. The van der Waals surface area contributed by atoms with E-state index in [0.29, 0.717) is 12.5 Å². The molecular weight excluding hydrogens is 202 g/mol. The van der Waals surface area contributed by atoms with Crippen molar-refractivity contribution in [3.63, 3.8) is 0 Å². The lowest BCUT2D eigenvalue weighted by molar-refractivity contribution is 0.0687. The number of thiazole rings is 1. The summed E-state index contributed by atoms with van der Waals surface area (Å²) in [5.74, 6) is -0.661. The summed E-state index contributed by atoms with van der Waals surface area (Å²) in [7, 11) is 0. The summed E-state index contributed by atoms with van der Waals surface area (Å²) in [5.41, 5.74) is 0.149. The third-order valence-corrected chi connectivity index (χ3v) is 3.26. The molecule has 0 aromatic carbocycles. The Labute approximate surface area is 85.5 Å². The van der Waals surface area contributed by atoms with Crippen LogP contribution in [0.3, 0.4) is 0 Å². The predicted octanol–water partition coefficient (Wildman–Crippen LogP) is 1.74. The van der Waals surface area contributed by atoms with Gasteiger partial charge < -0.3 is 9.84 Å². The second kappa shape index (κ2) is 4.06. The molecule has 14 heavy (non-hydrogen) atoms. The molecule has 1 aliphatic heterocycles. The van der Waals surface area contributed by atoms with Gasteiger partial charge in [0.2, 0.25) is 0 Å². The van der Waals surface area contributed by atoms with Gasteiger partial charge in [0.1, 0.15) is 0 Å². The van der Waals surface area contributed by atoms with E-state index < -0.39 is 5.97 Å². The summed E-state index contributed by atoms with van der Waals surface area (Å²) in [6.07, 6.45) is 2.08. The van der Waals surface area contributed by atoms with Gasteiger partial charge in [0.05, 0.1) is 11.6 Å². The summed E-state index contributed by atoms with van der Waals surface area (Å²) in [4.78, 5) is 14.7. The Morgan fingerprint density at radius 1 is 1.71 bits per heavy atom. The van der Waals surface area contributed by atoms with Gasteiger partial charge in [-0.05, 0) is 12.8 Å². The van der Waals surface area contributed by atoms with Crippen molar-refractivity contribution in [1.29, 1.82) is 0 Å². The molecule has 5 heteroatoms. The van der Waals surface area contributed by atoms with Gasteiger partial charge in [-0.15, -0.1) is 11.3 Å². The van der Waals surface area contributed by atoms with Gasteiger partial charge in [-0.2, -0.15) is 0 Å². The van der Waals surface area contributed by atoms with Crippen molar-refractivity contribution in [3.8, 4) is 0 Å². The Hall–Kier alpha value is -0.940. The van der Waals surface area contributed by atoms with Crippen LogP contribution in [0.2, 0.25) is 0 Å². The molecule has 0 amide bonds. The third-order valence-electron chi connectivity index (χ3n) is 2.25. The standard InChI is InChI=1S/C9H11NO3S/c11-9(12)7-5-14-8(10-7)6-2-1-3-13-4-6/h5-6H,1-4H2,(H,11,12). The number of carbonyl (C=O) groups is 1. The van der Waals surface area contributed by atoms with Crippen LogP contribution in [0.15, 0.2) is 5.38 Å². The van der Waals surface area contributed by atoms with E-state index in [-0.39, 0.29) is 5.69 Å². The third kappa shape index (κ3) is 1.93. The number of hydrogen-bond donors (Lipinski definition) is 1. The zero-order chi connectivity index (χ0) is 9.97. The van der Waals surface area contributed by atoms with Crippen LogP contribution in [0.4, 0.5) is 0 Å².